The van der Waals surface area contributed by atoms with Crippen molar-refractivity contribution in [2.75, 3.05) is 0 Å². The van der Waals surface area contributed by atoms with E-state index in [2.05, 4.69) is 5.32 Å². The number of carbonyl (C=O) groups is 2. The Morgan fingerprint density at radius 3 is 2.46 bits per heavy atom. The molecule has 1 saturated carbocycles. The summed E-state index contributed by atoms with van der Waals surface area (Å²) in [6, 6.07) is 1.05. The molecule has 0 saturated heterocycles. The summed E-state index contributed by atoms with van der Waals surface area (Å²) in [6.07, 6.45) is 2.85. The Morgan fingerprint density at radius 2 is 2.00 bits per heavy atom. The molecule has 0 spiro atoms. The number of carbonyl (C=O) groups excluding carboxylic acids is 2. The molecule has 1 atom stereocenters. The Morgan fingerprint density at radius 1 is 1.38 bits per heavy atom. The van der Waals surface area contributed by atoms with E-state index in [-0.39, 0.29) is 23.3 Å². The second-order valence-corrected chi connectivity index (χ2v) is 6.37. The van der Waals surface area contributed by atoms with Gasteiger partial charge < -0.3 is 5.32 Å². The molecule has 1 aliphatic rings. The van der Waals surface area contributed by atoms with E-state index in [9.17, 15) is 19.2 Å². The zero-order valence-electron chi connectivity index (χ0n) is 13.9. The summed E-state index contributed by atoms with van der Waals surface area (Å²) in [5, 5.41) is 11.6. The smallest absolute Gasteiger partial charge is 0.331 e. The number of nitriles is 1. The summed E-state index contributed by atoms with van der Waals surface area (Å²) in [4.78, 5) is 48.3. The van der Waals surface area contributed by atoms with Gasteiger partial charge in [0.2, 0.25) is 5.91 Å². The Labute approximate surface area is 138 Å². The number of nitrogens with zero attached hydrogens (tertiary/aromatic N) is 3. The minimum Gasteiger partial charge on any atom is -0.344 e. The molecule has 1 aromatic heterocycles. The van der Waals surface area contributed by atoms with E-state index in [0.29, 0.717) is 0 Å². The van der Waals surface area contributed by atoms with Crippen molar-refractivity contribution in [3.8, 4) is 6.07 Å². The molecule has 0 aliphatic heterocycles. The van der Waals surface area contributed by atoms with Gasteiger partial charge in [0.25, 0.3) is 5.56 Å². The second kappa shape index (κ2) is 6.83. The molecule has 1 amide bonds. The maximum atomic E-state index is 12.4. The standard InChI is InChI=1S/C16H20N4O4/c1-9(2)14(10(3)21)18-13(22)8-20-15(23)11(6-17)7-19(16(20)24)12-4-5-12/h7,9,12,14H,4-5,8H2,1-3H3,(H,18,22)/t14-/m1/s1. The van der Waals surface area contributed by atoms with Gasteiger partial charge in [-0.15, -0.1) is 0 Å². The van der Waals surface area contributed by atoms with Crippen molar-refractivity contribution in [3.05, 3.63) is 32.6 Å². The van der Waals surface area contributed by atoms with E-state index in [1.807, 2.05) is 0 Å². The van der Waals surface area contributed by atoms with Gasteiger partial charge in [0.1, 0.15) is 18.2 Å². The summed E-state index contributed by atoms with van der Waals surface area (Å²) >= 11 is 0. The SMILES string of the molecule is CC(=O)[C@H](NC(=O)Cn1c(=O)c(C#N)cn(C2CC2)c1=O)C(C)C. The predicted molar refractivity (Wildman–Crippen MR) is 85.4 cm³/mol. The molecule has 1 heterocycles. The Bertz CT molecular complexity index is 824. The van der Waals surface area contributed by atoms with Gasteiger partial charge in [0.15, 0.2) is 5.78 Å². The monoisotopic (exact) mass is 332 g/mol. The van der Waals surface area contributed by atoms with Crippen LogP contribution in [0.4, 0.5) is 0 Å². The molecular weight excluding hydrogens is 312 g/mol. The maximum Gasteiger partial charge on any atom is 0.331 e. The van der Waals surface area contributed by atoms with E-state index >= 15 is 0 Å². The van der Waals surface area contributed by atoms with Crippen molar-refractivity contribution in [3.63, 3.8) is 0 Å². The summed E-state index contributed by atoms with van der Waals surface area (Å²) in [7, 11) is 0. The van der Waals surface area contributed by atoms with Gasteiger partial charge >= 0.3 is 5.69 Å². The first-order valence-corrected chi connectivity index (χ1v) is 7.82. The molecule has 0 bridgehead atoms. The molecule has 8 heteroatoms. The third-order valence-electron chi connectivity index (χ3n) is 3.98. The first-order valence-electron chi connectivity index (χ1n) is 7.82. The highest BCUT2D eigenvalue weighted by Gasteiger charge is 2.28. The Balaban J connectivity index is 2.32. The van der Waals surface area contributed by atoms with Gasteiger partial charge in [-0.3, -0.25) is 19.0 Å². The number of rotatable bonds is 6. The third-order valence-corrected chi connectivity index (χ3v) is 3.98. The average molecular weight is 332 g/mol. The molecule has 128 valence electrons. The molecule has 0 aromatic carbocycles. The first kappa shape index (κ1) is 17.7. The highest BCUT2D eigenvalue weighted by molar-refractivity contribution is 5.87. The topological polar surface area (TPSA) is 114 Å². The van der Waals surface area contributed by atoms with Crippen LogP contribution in [-0.4, -0.2) is 26.9 Å². The largest absolute Gasteiger partial charge is 0.344 e. The lowest BCUT2D eigenvalue weighted by molar-refractivity contribution is -0.128. The fraction of sp³-hybridized carbons (Fsp3) is 0.562. The van der Waals surface area contributed by atoms with Gasteiger partial charge in [-0.1, -0.05) is 13.8 Å². The van der Waals surface area contributed by atoms with Gasteiger partial charge in [-0.05, 0) is 25.7 Å². The Hall–Kier alpha value is -2.69. The molecule has 2 rings (SSSR count). The molecule has 1 aromatic rings. The fourth-order valence-electron chi connectivity index (χ4n) is 2.55. The lowest BCUT2D eigenvalue weighted by atomic mass is 10.0. The number of Topliss-reactive ketones (excluding diaryl/α,β-unsaturated/α-hetero) is 1. The fourth-order valence-corrected chi connectivity index (χ4v) is 2.55. The van der Waals surface area contributed by atoms with Crippen LogP contribution in [0.1, 0.15) is 45.2 Å². The lowest BCUT2D eigenvalue weighted by Gasteiger charge is -2.19. The summed E-state index contributed by atoms with van der Waals surface area (Å²) in [5.41, 5.74) is -1.58. The zero-order chi connectivity index (χ0) is 18.0. The molecule has 1 fully saturated rings. The zero-order valence-corrected chi connectivity index (χ0v) is 13.9. The Kier molecular flexibility index (Phi) is 5.02. The molecule has 24 heavy (non-hydrogen) atoms. The number of aromatic nitrogens is 2. The van der Waals surface area contributed by atoms with Crippen molar-refractivity contribution in [1.29, 1.82) is 5.26 Å². The van der Waals surface area contributed by atoms with Crippen molar-refractivity contribution in [1.82, 2.24) is 14.5 Å². The van der Waals surface area contributed by atoms with Crippen LogP contribution >= 0.6 is 0 Å². The number of amides is 1. The highest BCUT2D eigenvalue weighted by atomic mass is 16.2. The number of ketones is 1. The predicted octanol–water partition coefficient (Wildman–Crippen LogP) is -0.0536. The molecular formula is C16H20N4O4. The van der Waals surface area contributed by atoms with Crippen molar-refractivity contribution in [2.24, 2.45) is 5.92 Å². The minimum atomic E-state index is -0.793. The van der Waals surface area contributed by atoms with Crippen LogP contribution in [0.25, 0.3) is 0 Å². The third kappa shape index (κ3) is 3.62. The van der Waals surface area contributed by atoms with Crippen molar-refractivity contribution in [2.45, 2.75) is 52.2 Å². The van der Waals surface area contributed by atoms with Crippen LogP contribution in [0.2, 0.25) is 0 Å². The average Bonchev–Trinajstić information content (AvgIpc) is 3.33. The van der Waals surface area contributed by atoms with Crippen molar-refractivity contribution >= 4 is 11.7 Å². The van der Waals surface area contributed by atoms with Gasteiger partial charge in [0.05, 0.1) is 6.04 Å². The van der Waals surface area contributed by atoms with Crippen molar-refractivity contribution < 1.29 is 9.59 Å². The number of hydrogen-bond donors (Lipinski definition) is 1. The lowest BCUT2D eigenvalue weighted by Crippen LogP contribution is -2.48. The molecule has 0 unspecified atom stereocenters. The van der Waals surface area contributed by atoms with Gasteiger partial charge in [-0.25, -0.2) is 9.36 Å². The van der Waals surface area contributed by atoms with Crippen LogP contribution in [0.5, 0.6) is 0 Å². The van der Waals surface area contributed by atoms with E-state index in [1.54, 1.807) is 19.9 Å². The number of nitrogens with one attached hydrogen (secondary N) is 1. The first-order chi connectivity index (χ1) is 11.3. The van der Waals surface area contributed by atoms with E-state index < -0.39 is 29.7 Å². The van der Waals surface area contributed by atoms with Gasteiger partial charge in [0, 0.05) is 12.2 Å². The summed E-state index contributed by atoms with van der Waals surface area (Å²) in [6.45, 7) is 4.42. The van der Waals surface area contributed by atoms with Crippen LogP contribution in [0.3, 0.4) is 0 Å². The van der Waals surface area contributed by atoms with Crippen LogP contribution in [-0.2, 0) is 16.1 Å². The van der Waals surface area contributed by atoms with Crippen LogP contribution in [0, 0.1) is 17.2 Å². The molecule has 8 nitrogen and oxygen atoms in total. The quantitative estimate of drug-likeness (QED) is 0.784. The second-order valence-electron chi connectivity index (χ2n) is 6.37. The molecule has 0 radical (unpaired) electrons. The van der Waals surface area contributed by atoms with E-state index in [1.165, 1.54) is 17.7 Å². The summed E-state index contributed by atoms with van der Waals surface area (Å²) in [5.74, 6) is -0.927. The summed E-state index contributed by atoms with van der Waals surface area (Å²) < 4.78 is 2.09. The highest BCUT2D eigenvalue weighted by Crippen LogP contribution is 2.33. The van der Waals surface area contributed by atoms with Gasteiger partial charge in [-0.2, -0.15) is 5.26 Å². The number of hydrogen-bond acceptors (Lipinski definition) is 5. The normalized spacial score (nSPS) is 15.0. The van der Waals surface area contributed by atoms with Crippen LogP contribution < -0.4 is 16.6 Å². The molecule has 1 N–H and O–H groups in total. The van der Waals surface area contributed by atoms with E-state index in [0.717, 1.165) is 17.4 Å². The van der Waals surface area contributed by atoms with E-state index in [4.69, 9.17) is 5.26 Å². The minimum absolute atomic E-state index is 0.0276. The maximum absolute atomic E-state index is 12.4. The molecule has 1 aliphatic carbocycles. The van der Waals surface area contributed by atoms with Crippen LogP contribution in [0.15, 0.2) is 15.8 Å².